The van der Waals surface area contributed by atoms with E-state index in [1.54, 1.807) is 4.90 Å². The summed E-state index contributed by atoms with van der Waals surface area (Å²) in [4.78, 5) is 41.2. The predicted octanol–water partition coefficient (Wildman–Crippen LogP) is 2.99. The van der Waals surface area contributed by atoms with Crippen LogP contribution >= 0.6 is 0 Å². The molecule has 0 radical (unpaired) electrons. The lowest BCUT2D eigenvalue weighted by Crippen LogP contribution is -2.28. The number of methoxy groups -OCH3 is 2. The normalized spacial score (nSPS) is 17.9. The highest BCUT2D eigenvalue weighted by Gasteiger charge is 2.35. The molecule has 0 saturated carbocycles. The van der Waals surface area contributed by atoms with Crippen LogP contribution in [0.5, 0.6) is 11.5 Å². The van der Waals surface area contributed by atoms with Gasteiger partial charge in [-0.05, 0) is 37.1 Å². The lowest BCUT2D eigenvalue weighted by atomic mass is 10.1. The van der Waals surface area contributed by atoms with Crippen LogP contribution in [0.1, 0.15) is 29.6 Å². The van der Waals surface area contributed by atoms with Gasteiger partial charge in [-0.25, -0.2) is 4.79 Å². The number of nitrogens with zero attached hydrogens (tertiary/aromatic N) is 2. The van der Waals surface area contributed by atoms with Crippen LogP contribution in [0.25, 0.3) is 0 Å². The van der Waals surface area contributed by atoms with E-state index in [2.05, 4.69) is 10.2 Å². The molecule has 2 heterocycles. The van der Waals surface area contributed by atoms with Gasteiger partial charge < -0.3 is 29.7 Å². The molecule has 0 aliphatic carbocycles. The van der Waals surface area contributed by atoms with Gasteiger partial charge in [0.2, 0.25) is 11.8 Å². The summed E-state index contributed by atoms with van der Waals surface area (Å²) < 4.78 is 10.4. The minimum atomic E-state index is -1.21. The van der Waals surface area contributed by atoms with Gasteiger partial charge in [-0.15, -0.1) is 0 Å². The standard InChI is InChI=1S/C24H27N3O6/c1-32-20-12-18(24(30)31)19(13-21(20)33-2)25-23(29)15-11-22(28)27(14-15)17-7-5-16(6-8-17)26-9-3-4-10-26/h5-8,12-13,15H,3-4,9-11,14H2,1-2H3,(H,25,29)(H,30,31). The van der Waals surface area contributed by atoms with E-state index in [0.29, 0.717) is 5.75 Å². The number of carbonyl (C=O) groups excluding carboxylic acids is 2. The van der Waals surface area contributed by atoms with Crippen LogP contribution in [0.15, 0.2) is 36.4 Å². The Morgan fingerprint density at radius 1 is 1.00 bits per heavy atom. The van der Waals surface area contributed by atoms with Crippen LogP contribution < -0.4 is 24.6 Å². The Morgan fingerprint density at radius 3 is 2.21 bits per heavy atom. The minimum absolute atomic E-state index is 0.0510. The second-order valence-electron chi connectivity index (χ2n) is 8.16. The summed E-state index contributed by atoms with van der Waals surface area (Å²) in [5.41, 5.74) is 1.84. The molecule has 0 aromatic heterocycles. The second kappa shape index (κ2) is 9.40. The summed E-state index contributed by atoms with van der Waals surface area (Å²) in [6.07, 6.45) is 2.43. The first-order chi connectivity index (χ1) is 15.9. The fourth-order valence-electron chi connectivity index (χ4n) is 4.35. The number of hydrogen-bond donors (Lipinski definition) is 2. The zero-order valence-electron chi connectivity index (χ0n) is 18.7. The first-order valence-electron chi connectivity index (χ1n) is 10.9. The van der Waals surface area contributed by atoms with Gasteiger partial charge in [0.1, 0.15) is 0 Å². The second-order valence-corrected chi connectivity index (χ2v) is 8.16. The highest BCUT2D eigenvalue weighted by atomic mass is 16.5. The molecule has 1 unspecified atom stereocenters. The number of carboxylic acid groups (broad SMARTS) is 1. The van der Waals surface area contributed by atoms with Crippen molar-refractivity contribution in [2.75, 3.05) is 49.0 Å². The SMILES string of the molecule is COc1cc(NC(=O)C2CC(=O)N(c3ccc(N4CCCC4)cc3)C2)c(C(=O)O)cc1OC. The molecule has 2 aromatic rings. The van der Waals surface area contributed by atoms with Gasteiger partial charge in [0.15, 0.2) is 11.5 Å². The highest BCUT2D eigenvalue weighted by Crippen LogP contribution is 2.34. The van der Waals surface area contributed by atoms with Gasteiger partial charge in [0.25, 0.3) is 0 Å². The first kappa shape index (κ1) is 22.4. The van der Waals surface area contributed by atoms with Crippen molar-refractivity contribution in [1.82, 2.24) is 0 Å². The Morgan fingerprint density at radius 2 is 1.61 bits per heavy atom. The van der Waals surface area contributed by atoms with E-state index in [1.165, 1.54) is 39.2 Å². The summed E-state index contributed by atoms with van der Waals surface area (Å²) in [6.45, 7) is 2.31. The lowest BCUT2D eigenvalue weighted by Gasteiger charge is -2.21. The van der Waals surface area contributed by atoms with E-state index >= 15 is 0 Å². The van der Waals surface area contributed by atoms with Crippen LogP contribution in [-0.2, 0) is 9.59 Å². The average Bonchev–Trinajstić information content (AvgIpc) is 3.49. The van der Waals surface area contributed by atoms with Gasteiger partial charge in [0.05, 0.1) is 31.4 Å². The number of benzene rings is 2. The Labute approximate surface area is 191 Å². The third-order valence-electron chi connectivity index (χ3n) is 6.14. The maximum Gasteiger partial charge on any atom is 0.337 e. The van der Waals surface area contributed by atoms with Crippen molar-refractivity contribution in [2.45, 2.75) is 19.3 Å². The van der Waals surface area contributed by atoms with E-state index in [-0.39, 0.29) is 35.9 Å². The van der Waals surface area contributed by atoms with Crippen LogP contribution in [0.4, 0.5) is 17.1 Å². The molecule has 2 saturated heterocycles. The predicted molar refractivity (Wildman–Crippen MR) is 123 cm³/mol. The molecule has 2 amide bonds. The van der Waals surface area contributed by atoms with Crippen LogP contribution in [0.2, 0.25) is 0 Å². The Balaban J connectivity index is 1.48. The molecular formula is C24H27N3O6. The molecule has 4 rings (SSSR count). The van der Waals surface area contributed by atoms with Crippen molar-refractivity contribution in [3.63, 3.8) is 0 Å². The highest BCUT2D eigenvalue weighted by molar-refractivity contribution is 6.06. The smallest absolute Gasteiger partial charge is 0.337 e. The largest absolute Gasteiger partial charge is 0.493 e. The molecule has 0 bridgehead atoms. The third-order valence-corrected chi connectivity index (χ3v) is 6.14. The number of carbonyl (C=O) groups is 3. The number of hydrogen-bond acceptors (Lipinski definition) is 6. The summed E-state index contributed by atoms with van der Waals surface area (Å²) in [5, 5.41) is 12.2. The molecule has 0 spiro atoms. The van der Waals surface area contributed by atoms with Crippen LogP contribution in [-0.4, -0.2) is 56.7 Å². The Bertz CT molecular complexity index is 1060. The molecule has 2 aromatic carbocycles. The summed E-state index contributed by atoms with van der Waals surface area (Å²) in [5.74, 6) is -1.85. The molecular weight excluding hydrogens is 426 g/mol. The summed E-state index contributed by atoms with van der Waals surface area (Å²) in [7, 11) is 2.82. The van der Waals surface area contributed by atoms with Crippen molar-refractivity contribution >= 4 is 34.8 Å². The molecule has 174 valence electrons. The van der Waals surface area contributed by atoms with Crippen LogP contribution in [0, 0.1) is 5.92 Å². The Hall–Kier alpha value is -3.75. The minimum Gasteiger partial charge on any atom is -0.493 e. The molecule has 2 fully saturated rings. The topological polar surface area (TPSA) is 108 Å². The van der Waals surface area contributed by atoms with Crippen molar-refractivity contribution < 1.29 is 29.0 Å². The first-order valence-corrected chi connectivity index (χ1v) is 10.9. The van der Waals surface area contributed by atoms with E-state index in [4.69, 9.17) is 9.47 Å². The van der Waals surface area contributed by atoms with Gasteiger partial charge in [0, 0.05) is 49.6 Å². The van der Waals surface area contributed by atoms with Crippen molar-refractivity contribution in [2.24, 2.45) is 5.92 Å². The fraction of sp³-hybridized carbons (Fsp3) is 0.375. The summed E-state index contributed by atoms with van der Waals surface area (Å²) in [6, 6.07) is 10.5. The number of ether oxygens (including phenoxy) is 2. The molecule has 9 heteroatoms. The quantitative estimate of drug-likeness (QED) is 0.663. The number of aromatic carboxylic acids is 1. The van der Waals surface area contributed by atoms with E-state index in [9.17, 15) is 19.5 Å². The van der Waals surface area contributed by atoms with Gasteiger partial charge in [-0.3, -0.25) is 9.59 Å². The third kappa shape index (κ3) is 4.57. The number of amides is 2. The van der Waals surface area contributed by atoms with E-state index in [0.717, 1.165) is 24.5 Å². The Kier molecular flexibility index (Phi) is 6.39. The maximum absolute atomic E-state index is 12.9. The van der Waals surface area contributed by atoms with Crippen molar-refractivity contribution in [1.29, 1.82) is 0 Å². The van der Waals surface area contributed by atoms with Crippen molar-refractivity contribution in [3.8, 4) is 11.5 Å². The molecule has 2 aliphatic heterocycles. The molecule has 33 heavy (non-hydrogen) atoms. The van der Waals surface area contributed by atoms with Gasteiger partial charge in [-0.1, -0.05) is 0 Å². The maximum atomic E-state index is 12.9. The zero-order chi connectivity index (χ0) is 23.5. The monoisotopic (exact) mass is 453 g/mol. The molecule has 1 atom stereocenters. The summed E-state index contributed by atoms with van der Waals surface area (Å²) >= 11 is 0. The number of nitrogens with one attached hydrogen (secondary N) is 1. The fourth-order valence-corrected chi connectivity index (χ4v) is 4.35. The van der Waals surface area contributed by atoms with Gasteiger partial charge >= 0.3 is 5.97 Å². The number of anilines is 3. The number of rotatable bonds is 7. The lowest BCUT2D eigenvalue weighted by molar-refractivity contribution is -0.122. The van der Waals surface area contributed by atoms with E-state index < -0.39 is 17.8 Å². The van der Waals surface area contributed by atoms with Gasteiger partial charge in [-0.2, -0.15) is 0 Å². The average molecular weight is 453 g/mol. The van der Waals surface area contributed by atoms with Crippen LogP contribution in [0.3, 0.4) is 0 Å². The molecule has 9 nitrogen and oxygen atoms in total. The molecule has 2 aliphatic rings. The number of carboxylic acids is 1. The van der Waals surface area contributed by atoms with Crippen molar-refractivity contribution in [3.05, 3.63) is 42.0 Å². The van der Waals surface area contributed by atoms with E-state index in [1.807, 2.05) is 24.3 Å². The zero-order valence-corrected chi connectivity index (χ0v) is 18.7. The molecule has 2 N–H and O–H groups in total.